The van der Waals surface area contributed by atoms with E-state index in [-0.39, 0.29) is 16.6 Å². The van der Waals surface area contributed by atoms with Gasteiger partial charge in [0.2, 0.25) is 0 Å². The van der Waals surface area contributed by atoms with Gasteiger partial charge >= 0.3 is 139 Å². The Morgan fingerprint density at radius 1 is 1.57 bits per heavy atom. The summed E-state index contributed by atoms with van der Waals surface area (Å²) < 4.78 is 6.21. The Balaban J connectivity index is 2.28. The second-order valence-corrected chi connectivity index (χ2v) is 12.8. The number of nitro benzene ring substituents is 1. The van der Waals surface area contributed by atoms with Crippen LogP contribution in [0.25, 0.3) is 0 Å². The topological polar surface area (TPSA) is 69.4 Å². The summed E-state index contributed by atoms with van der Waals surface area (Å²) in [5, 5.41) is 11.3. The molecule has 21 heavy (non-hydrogen) atoms. The third-order valence-electron chi connectivity index (χ3n) is 3.55. The van der Waals surface area contributed by atoms with Gasteiger partial charge in [0.1, 0.15) is 0 Å². The van der Waals surface area contributed by atoms with Gasteiger partial charge in [-0.2, -0.15) is 0 Å². The number of halogens is 1. The Hall–Kier alpha value is -0.685. The van der Waals surface area contributed by atoms with Crippen LogP contribution in [0.3, 0.4) is 0 Å². The number of carbonyl (C=O) groups is 1. The third kappa shape index (κ3) is 4.64. The van der Waals surface area contributed by atoms with Gasteiger partial charge < -0.3 is 0 Å². The van der Waals surface area contributed by atoms with Gasteiger partial charge in [0.15, 0.2) is 0 Å². The normalized spacial score (nSPS) is 15.1. The molecule has 1 aliphatic carbocycles. The van der Waals surface area contributed by atoms with Crippen LogP contribution in [0.15, 0.2) is 18.2 Å². The average Bonchev–Trinajstić information content (AvgIpc) is 3.26. The summed E-state index contributed by atoms with van der Waals surface area (Å²) in [5.74, 6) is -0.0634. The van der Waals surface area contributed by atoms with Gasteiger partial charge in [0.25, 0.3) is 0 Å². The van der Waals surface area contributed by atoms with Gasteiger partial charge in [-0.1, -0.05) is 0 Å². The predicted molar refractivity (Wildman–Crippen MR) is 74.9 cm³/mol. The number of benzene rings is 1. The number of nitro groups is 1. The zero-order chi connectivity index (χ0) is 15.4. The van der Waals surface area contributed by atoms with Crippen molar-refractivity contribution >= 4 is 19.9 Å². The molecule has 1 aliphatic rings. The molecule has 1 fully saturated rings. The van der Waals surface area contributed by atoms with Crippen LogP contribution >= 0.6 is 8.25 Å². The van der Waals surface area contributed by atoms with E-state index in [1.165, 1.54) is 6.92 Å². The molecular weight excluding hydrogens is 482 g/mol. The van der Waals surface area contributed by atoms with Crippen LogP contribution in [0.4, 0.5) is 5.69 Å². The molecule has 5 nitrogen and oxygen atoms in total. The fraction of sp³-hybridized carbons (Fsp3) is 0.500. The predicted octanol–water partition coefficient (Wildman–Crippen LogP) is 4.12. The van der Waals surface area contributed by atoms with Crippen molar-refractivity contribution in [2.45, 2.75) is 42.1 Å². The molecule has 110 valence electrons. The fourth-order valence-corrected chi connectivity index (χ4v) is 5.81. The summed E-state index contributed by atoms with van der Waals surface area (Å²) in [7, 11) is 5.90. The van der Waals surface area contributed by atoms with Gasteiger partial charge in [-0.25, -0.2) is 0 Å². The molecule has 1 unspecified atom stereocenters. The molecule has 1 atom stereocenters. The Labute approximate surface area is 139 Å². The number of hydrogen-bond donors (Lipinski definition) is 0. The summed E-state index contributed by atoms with van der Waals surface area (Å²) in [5.41, 5.74) is 1.63. The van der Waals surface area contributed by atoms with Crippen LogP contribution < -0.4 is 0 Å². The van der Waals surface area contributed by atoms with Crippen molar-refractivity contribution in [1.29, 1.82) is 0 Å². The second-order valence-electron chi connectivity index (χ2n) is 5.28. The number of hydrogen-bond acceptors (Lipinski definition) is 4. The quantitative estimate of drug-likeness (QED) is 0.246. The second kappa shape index (κ2) is 7.54. The third-order valence-corrected chi connectivity index (χ3v) is 8.52. The van der Waals surface area contributed by atoms with Gasteiger partial charge in [-0.15, -0.1) is 0 Å². The number of carbonyl (C=O) groups excluding carboxylic acids is 1. The van der Waals surface area contributed by atoms with Gasteiger partial charge in [0, 0.05) is 0 Å². The molecule has 0 aromatic heterocycles. The van der Waals surface area contributed by atoms with Crippen molar-refractivity contribution in [3.8, 4) is 0 Å². The van der Waals surface area contributed by atoms with Crippen molar-refractivity contribution in [2.24, 2.45) is 0 Å². The fourth-order valence-electron chi connectivity index (χ4n) is 2.42. The summed E-state index contributed by atoms with van der Waals surface area (Å²) in [6, 6.07) is 5.22. The molecule has 0 radical (unpaired) electrons. The zero-order valence-corrected chi connectivity index (χ0v) is 18.1. The van der Waals surface area contributed by atoms with Crippen LogP contribution in [-0.2, 0) is 32.9 Å². The number of ether oxygens (including phenoxy) is 1. The number of esters is 1. The molecule has 0 bridgehead atoms. The zero-order valence-electron chi connectivity index (χ0n) is 11.9. The van der Waals surface area contributed by atoms with Crippen LogP contribution in [0.5, 0.6) is 0 Å². The van der Waals surface area contributed by atoms with Crippen molar-refractivity contribution in [2.75, 3.05) is 0 Å². The Morgan fingerprint density at radius 2 is 2.29 bits per heavy atom. The molecule has 7 heteroatoms. The first kappa shape index (κ1) is 16.7. The maximum absolute atomic E-state index is 11.3. The first-order chi connectivity index (χ1) is 10.0. The monoisotopic (exact) mass is 499 g/mol. The number of nitrogens with zero attached hydrogens (tertiary/aromatic N) is 1. The van der Waals surface area contributed by atoms with E-state index >= 15 is 0 Å². The molecule has 0 heterocycles. The maximum atomic E-state index is 11.3. The molecule has 0 N–H and O–H groups in total. The molecule has 0 amide bonds. The van der Waals surface area contributed by atoms with E-state index in [9.17, 15) is 14.9 Å². The first-order valence-electron chi connectivity index (χ1n) is 7.04. The first-order valence-corrected chi connectivity index (χ1v) is 17.7. The van der Waals surface area contributed by atoms with Crippen LogP contribution in [0, 0.1) is 10.1 Å². The number of rotatable bonds is 7. The SMILES string of the molecule is CC(=O)OC(C[CH2][Hg][Cl])c1ccc(C2CC2)c([N+](=O)[O-])c1. The Kier molecular flexibility index (Phi) is 5.99. The van der Waals surface area contributed by atoms with Crippen molar-refractivity contribution in [3.05, 3.63) is 39.4 Å². The molecule has 1 aromatic carbocycles. The van der Waals surface area contributed by atoms with Crippen LogP contribution in [0.2, 0.25) is 3.93 Å². The minimum absolute atomic E-state index is 0.141. The summed E-state index contributed by atoms with van der Waals surface area (Å²) in [4.78, 5) is 22.1. The molecular formula is C14H16ClHgNO4. The van der Waals surface area contributed by atoms with Gasteiger partial charge in [0.05, 0.1) is 0 Å². The van der Waals surface area contributed by atoms with E-state index in [4.69, 9.17) is 13.0 Å². The van der Waals surface area contributed by atoms with E-state index in [2.05, 4.69) is 0 Å². The molecule has 0 aliphatic heterocycles. The van der Waals surface area contributed by atoms with Crippen molar-refractivity contribution in [3.63, 3.8) is 0 Å². The van der Waals surface area contributed by atoms with E-state index in [1.807, 2.05) is 12.1 Å². The molecule has 0 saturated heterocycles. The van der Waals surface area contributed by atoms with E-state index in [0.717, 1.165) is 22.3 Å². The summed E-state index contributed by atoms with van der Waals surface area (Å²) in [6.45, 7) is 1.35. The average molecular weight is 498 g/mol. The molecule has 1 aromatic rings. The summed E-state index contributed by atoms with van der Waals surface area (Å²) in [6.07, 6.45) is 2.25. The standard InChI is InChI=1S/C14H16NO4.ClH.Hg/c1-3-14(19-9(2)16)11-6-7-12(10-4-5-10)13(8-11)15(17)18;;/h6-8,10,14H,1,3-5H2,2H3;1H;/q;;+1/p-1. The minimum atomic E-state index is -1.33. The van der Waals surface area contributed by atoms with Gasteiger partial charge in [-0.3, -0.25) is 0 Å². The van der Waals surface area contributed by atoms with Crippen molar-refractivity contribution in [1.82, 2.24) is 0 Å². The molecule has 2 rings (SSSR count). The molecule has 0 spiro atoms. The van der Waals surface area contributed by atoms with E-state index in [0.29, 0.717) is 17.9 Å². The molecule has 1 saturated carbocycles. The van der Waals surface area contributed by atoms with E-state index < -0.39 is 29.4 Å². The Morgan fingerprint density at radius 3 is 2.81 bits per heavy atom. The van der Waals surface area contributed by atoms with E-state index in [1.54, 1.807) is 6.07 Å². The summed E-state index contributed by atoms with van der Waals surface area (Å²) >= 11 is -1.33. The Bertz CT molecular complexity index is 548. The van der Waals surface area contributed by atoms with Crippen LogP contribution in [-0.4, -0.2) is 10.9 Å². The van der Waals surface area contributed by atoms with Gasteiger partial charge in [-0.05, 0) is 0 Å². The van der Waals surface area contributed by atoms with Crippen LogP contribution in [0.1, 0.15) is 49.3 Å². The van der Waals surface area contributed by atoms with Crippen molar-refractivity contribution < 1.29 is 37.8 Å².